The highest BCUT2D eigenvalue weighted by molar-refractivity contribution is 14.0. The van der Waals surface area contributed by atoms with Crippen molar-refractivity contribution < 1.29 is 21.6 Å². The fourth-order valence-electron chi connectivity index (χ4n) is 3.15. The fraction of sp³-hybridized carbons (Fsp3) is 0.765. The van der Waals surface area contributed by atoms with Crippen LogP contribution in [0.15, 0.2) is 11.2 Å². The van der Waals surface area contributed by atoms with Crippen molar-refractivity contribution in [2.45, 2.75) is 45.0 Å². The van der Waals surface area contributed by atoms with Crippen molar-refractivity contribution in [3.63, 3.8) is 0 Å². The molecule has 0 aromatic carbocycles. The topological polar surface area (TPSA) is 102 Å². The Morgan fingerprint density at radius 1 is 1.33 bits per heavy atom. The molecule has 0 aliphatic carbocycles. The molecule has 2 rings (SSSR count). The van der Waals surface area contributed by atoms with Crippen LogP contribution < -0.4 is 10.6 Å². The number of hydrogen-bond acceptors (Lipinski definition) is 4. The van der Waals surface area contributed by atoms with Crippen molar-refractivity contribution in [3.05, 3.63) is 17.5 Å². The molecule has 0 amide bonds. The molecule has 174 valence electrons. The van der Waals surface area contributed by atoms with Crippen LogP contribution in [0.3, 0.4) is 0 Å². The second kappa shape index (κ2) is 12.1. The van der Waals surface area contributed by atoms with E-state index in [2.05, 4.69) is 25.8 Å². The van der Waals surface area contributed by atoms with Gasteiger partial charge in [0.1, 0.15) is 0 Å². The van der Waals surface area contributed by atoms with Gasteiger partial charge in [0.15, 0.2) is 5.96 Å². The molecule has 30 heavy (non-hydrogen) atoms. The summed E-state index contributed by atoms with van der Waals surface area (Å²) >= 11 is 0. The number of piperidine rings is 1. The van der Waals surface area contributed by atoms with E-state index in [0.29, 0.717) is 36.2 Å². The molecule has 13 heteroatoms. The molecule has 8 nitrogen and oxygen atoms in total. The number of nitrogens with zero attached hydrogens (tertiary/aromatic N) is 3. The van der Waals surface area contributed by atoms with Crippen molar-refractivity contribution in [1.29, 1.82) is 0 Å². The lowest BCUT2D eigenvalue weighted by molar-refractivity contribution is -0.0496. The number of aryl methyl sites for hydroxylation is 2. The van der Waals surface area contributed by atoms with Crippen molar-refractivity contribution in [1.82, 2.24) is 25.1 Å². The molecule has 1 aromatic heterocycles. The third-order valence-corrected chi connectivity index (χ3v) is 6.54. The highest BCUT2D eigenvalue weighted by Crippen LogP contribution is 2.30. The molecule has 0 radical (unpaired) electrons. The minimum atomic E-state index is -5.24. The Morgan fingerprint density at radius 2 is 2.00 bits per heavy atom. The SMILES string of the molecule is CCNC(=NCC1CCN(S(=O)(=O)C(F)(F)F)CC1)NCCCc1cn[nH]c1C.I. The lowest BCUT2D eigenvalue weighted by Gasteiger charge is -2.30. The summed E-state index contributed by atoms with van der Waals surface area (Å²) in [5.74, 6) is 0.709. The van der Waals surface area contributed by atoms with E-state index < -0.39 is 15.5 Å². The maximum Gasteiger partial charge on any atom is 0.511 e. The van der Waals surface area contributed by atoms with E-state index in [9.17, 15) is 21.6 Å². The smallest absolute Gasteiger partial charge is 0.357 e. The highest BCUT2D eigenvalue weighted by atomic mass is 127. The van der Waals surface area contributed by atoms with Crippen LogP contribution in [0.5, 0.6) is 0 Å². The van der Waals surface area contributed by atoms with Gasteiger partial charge in [-0.3, -0.25) is 10.1 Å². The van der Waals surface area contributed by atoms with E-state index >= 15 is 0 Å². The van der Waals surface area contributed by atoms with Crippen LogP contribution in [-0.2, 0) is 16.4 Å². The van der Waals surface area contributed by atoms with Crippen LogP contribution in [0.1, 0.15) is 37.4 Å². The van der Waals surface area contributed by atoms with Crippen LogP contribution in [-0.4, -0.2) is 67.1 Å². The molecular weight excluding hydrogens is 536 g/mol. The maximum atomic E-state index is 12.6. The predicted octanol–water partition coefficient (Wildman–Crippen LogP) is 2.39. The average molecular weight is 566 g/mol. The standard InChI is InChI=1S/C17H29F3N6O2S.HI/c1-3-21-16(22-8-4-5-15-12-24-25-13(15)2)23-11-14-6-9-26(10-7-14)29(27,28)17(18,19)20;/h12,14H,3-11H2,1-2H3,(H,24,25)(H2,21,22,23);1H. The van der Waals surface area contributed by atoms with E-state index in [1.807, 2.05) is 20.0 Å². The average Bonchev–Trinajstić information content (AvgIpc) is 3.07. The molecule has 0 atom stereocenters. The molecule has 0 unspecified atom stereocenters. The molecular formula is C17H30F3IN6O2S. The summed E-state index contributed by atoms with van der Waals surface area (Å²) < 4.78 is 61.4. The first kappa shape index (κ1) is 26.9. The zero-order chi connectivity index (χ0) is 21.5. The second-order valence-electron chi connectivity index (χ2n) is 7.06. The third kappa shape index (κ3) is 7.55. The van der Waals surface area contributed by atoms with Crippen LogP contribution >= 0.6 is 24.0 Å². The van der Waals surface area contributed by atoms with Crippen molar-refractivity contribution in [3.8, 4) is 0 Å². The minimum Gasteiger partial charge on any atom is -0.357 e. The number of aromatic amines is 1. The number of alkyl halides is 3. The maximum absolute atomic E-state index is 12.6. The summed E-state index contributed by atoms with van der Waals surface area (Å²) in [4.78, 5) is 4.51. The number of guanidine groups is 1. The number of hydrogen-bond donors (Lipinski definition) is 3. The first-order valence-corrected chi connectivity index (χ1v) is 11.2. The van der Waals surface area contributed by atoms with Gasteiger partial charge < -0.3 is 10.6 Å². The second-order valence-corrected chi connectivity index (χ2v) is 8.99. The minimum absolute atomic E-state index is 0. The molecule has 0 spiro atoms. The summed E-state index contributed by atoms with van der Waals surface area (Å²) in [6.07, 6.45) is 4.33. The number of sulfonamides is 1. The third-order valence-electron chi connectivity index (χ3n) is 4.91. The van der Waals surface area contributed by atoms with E-state index in [-0.39, 0.29) is 43.0 Å². The van der Waals surface area contributed by atoms with Crippen molar-refractivity contribution in [2.75, 3.05) is 32.7 Å². The van der Waals surface area contributed by atoms with E-state index in [0.717, 1.165) is 25.1 Å². The van der Waals surface area contributed by atoms with Gasteiger partial charge in [0, 0.05) is 38.4 Å². The van der Waals surface area contributed by atoms with Crippen LogP contribution in [0.25, 0.3) is 0 Å². The number of halogens is 4. The molecule has 0 bridgehead atoms. The molecule has 3 N–H and O–H groups in total. The number of H-pyrrole nitrogens is 1. The molecule has 2 heterocycles. The van der Waals surface area contributed by atoms with Crippen LogP contribution in [0.2, 0.25) is 0 Å². The van der Waals surface area contributed by atoms with Crippen LogP contribution in [0.4, 0.5) is 13.2 Å². The zero-order valence-corrected chi connectivity index (χ0v) is 20.3. The summed E-state index contributed by atoms with van der Waals surface area (Å²) in [7, 11) is -5.23. The van der Waals surface area contributed by atoms with Gasteiger partial charge in [-0.1, -0.05) is 0 Å². The van der Waals surface area contributed by atoms with Gasteiger partial charge >= 0.3 is 15.5 Å². The number of nitrogens with one attached hydrogen (secondary N) is 3. The molecule has 1 fully saturated rings. The van der Waals surface area contributed by atoms with Gasteiger partial charge in [0.2, 0.25) is 0 Å². The molecule has 0 saturated carbocycles. The lowest BCUT2D eigenvalue weighted by Crippen LogP contribution is -2.45. The van der Waals surface area contributed by atoms with Gasteiger partial charge in [0.25, 0.3) is 0 Å². The Bertz CT molecular complexity index is 777. The molecule has 1 saturated heterocycles. The van der Waals surface area contributed by atoms with Gasteiger partial charge in [0.05, 0.1) is 6.20 Å². The fourth-order valence-corrected chi connectivity index (χ4v) is 4.14. The normalized spacial score (nSPS) is 16.9. The highest BCUT2D eigenvalue weighted by Gasteiger charge is 2.50. The summed E-state index contributed by atoms with van der Waals surface area (Å²) in [6, 6.07) is 0. The summed E-state index contributed by atoms with van der Waals surface area (Å²) in [5, 5.41) is 13.3. The quantitative estimate of drug-likeness (QED) is 0.194. The zero-order valence-electron chi connectivity index (χ0n) is 17.1. The van der Waals surface area contributed by atoms with E-state index in [1.54, 1.807) is 0 Å². The van der Waals surface area contributed by atoms with E-state index in [4.69, 9.17) is 0 Å². The monoisotopic (exact) mass is 566 g/mol. The Kier molecular flexibility index (Phi) is 10.8. The van der Waals surface area contributed by atoms with E-state index in [1.165, 1.54) is 5.56 Å². The van der Waals surface area contributed by atoms with Gasteiger partial charge in [-0.05, 0) is 51.0 Å². The molecule has 1 aromatic rings. The summed E-state index contributed by atoms with van der Waals surface area (Å²) in [6.45, 7) is 5.52. The van der Waals surface area contributed by atoms with Gasteiger partial charge in [-0.25, -0.2) is 8.42 Å². The summed E-state index contributed by atoms with van der Waals surface area (Å²) in [5.41, 5.74) is -3.01. The lowest BCUT2D eigenvalue weighted by atomic mass is 9.98. The van der Waals surface area contributed by atoms with Crippen molar-refractivity contribution >= 4 is 40.0 Å². The number of aliphatic imine (C=N–C) groups is 1. The molecule has 1 aliphatic heterocycles. The van der Waals surface area contributed by atoms with Crippen LogP contribution in [0, 0.1) is 12.8 Å². The first-order valence-electron chi connectivity index (χ1n) is 9.72. The van der Waals surface area contributed by atoms with Gasteiger partial charge in [-0.2, -0.15) is 22.6 Å². The number of rotatable bonds is 8. The van der Waals surface area contributed by atoms with Gasteiger partial charge in [-0.15, -0.1) is 24.0 Å². The first-order chi connectivity index (χ1) is 13.6. The Morgan fingerprint density at radius 3 is 2.53 bits per heavy atom. The Labute approximate surface area is 192 Å². The Hall–Kier alpha value is -1.09. The predicted molar refractivity (Wildman–Crippen MR) is 120 cm³/mol. The van der Waals surface area contributed by atoms with Crippen molar-refractivity contribution in [2.24, 2.45) is 10.9 Å². The molecule has 1 aliphatic rings. The largest absolute Gasteiger partial charge is 0.511 e. The number of aromatic nitrogens is 2. The Balaban J connectivity index is 0.00000450.